The summed E-state index contributed by atoms with van der Waals surface area (Å²) in [6, 6.07) is 0. The third-order valence-electron chi connectivity index (χ3n) is 3.79. The van der Waals surface area contributed by atoms with Gasteiger partial charge in [-0.05, 0) is 13.3 Å². The zero-order valence-corrected chi connectivity index (χ0v) is 15.3. The van der Waals surface area contributed by atoms with Crippen molar-refractivity contribution in [3.05, 3.63) is 12.4 Å². The molecule has 1 unspecified atom stereocenters. The highest BCUT2D eigenvalue weighted by Crippen LogP contribution is 2.55. The van der Waals surface area contributed by atoms with E-state index in [0.717, 1.165) is 16.0 Å². The molecule has 1 aliphatic rings. The molecule has 166 valence electrons. The first-order valence-electron chi connectivity index (χ1n) is 7.80. The Kier molecular flexibility index (Phi) is 6.87. The lowest BCUT2D eigenvalue weighted by atomic mass is 10.1. The van der Waals surface area contributed by atoms with Gasteiger partial charge in [-0.25, -0.2) is 4.18 Å². The summed E-state index contributed by atoms with van der Waals surface area (Å²) in [6.07, 6.45) is -5.78. The minimum absolute atomic E-state index is 0.0182. The molecule has 5 nitrogen and oxygen atoms in total. The van der Waals surface area contributed by atoms with Gasteiger partial charge in [0.2, 0.25) is 6.35 Å². The van der Waals surface area contributed by atoms with Crippen LogP contribution in [0.1, 0.15) is 26.7 Å². The van der Waals surface area contributed by atoms with Crippen molar-refractivity contribution in [3.63, 3.8) is 0 Å². The number of hydrogen-bond donors (Lipinski definition) is 0. The van der Waals surface area contributed by atoms with Crippen LogP contribution in [0.25, 0.3) is 0 Å². The third kappa shape index (κ3) is 4.00. The van der Waals surface area contributed by atoms with E-state index in [-0.39, 0.29) is 13.1 Å². The summed E-state index contributed by atoms with van der Waals surface area (Å²) in [6.45, 7) is 3.07. The zero-order chi connectivity index (χ0) is 22.2. The number of halogens is 9. The van der Waals surface area contributed by atoms with Crippen molar-refractivity contribution in [1.82, 2.24) is 9.80 Å². The molecule has 0 saturated carbocycles. The lowest BCUT2D eigenvalue weighted by molar-refractivity contribution is -0.383. The smallest absolute Gasteiger partial charge is 0.333 e. The van der Waals surface area contributed by atoms with E-state index in [4.69, 9.17) is 0 Å². The van der Waals surface area contributed by atoms with Gasteiger partial charge in [-0.3, -0.25) is 0 Å². The summed E-state index contributed by atoms with van der Waals surface area (Å²) in [7, 11) is -6.93. The van der Waals surface area contributed by atoms with Crippen LogP contribution < -0.4 is 0 Å². The predicted octanol–water partition coefficient (Wildman–Crippen LogP) is 3.95. The number of rotatable bonds is 9. The lowest BCUT2D eigenvalue weighted by Gasteiger charge is -2.35. The molecule has 0 aromatic rings. The Morgan fingerprint density at radius 2 is 1.39 bits per heavy atom. The van der Waals surface area contributed by atoms with Crippen molar-refractivity contribution in [3.8, 4) is 0 Å². The fraction of sp³-hybridized carbons (Fsp3) is 0.846. The van der Waals surface area contributed by atoms with E-state index in [9.17, 15) is 47.9 Å². The molecule has 0 fully saturated rings. The Balaban J connectivity index is 3.25. The Morgan fingerprint density at radius 3 is 1.82 bits per heavy atom. The number of hydrogen-bond acceptors (Lipinski definition) is 5. The standard InChI is InChI=1S/C13H17F9N2O3S/c1-3-5-6-24-8-7-23(4-2)9(24)27-28(25,26)13(21,22)11(16,17)10(14,15)12(18,19)20/h7-9H,3-6H2,1-2H3. The molecule has 28 heavy (non-hydrogen) atoms. The summed E-state index contributed by atoms with van der Waals surface area (Å²) in [5, 5.41) is -6.88. The first-order valence-corrected chi connectivity index (χ1v) is 9.21. The zero-order valence-electron chi connectivity index (χ0n) is 14.5. The quantitative estimate of drug-likeness (QED) is 0.392. The molecule has 0 amide bonds. The normalized spacial score (nSPS) is 19.6. The molecule has 0 aliphatic carbocycles. The lowest BCUT2D eigenvalue weighted by Crippen LogP contribution is -2.64. The maximum Gasteiger partial charge on any atom is 0.460 e. The topological polar surface area (TPSA) is 49.9 Å². The van der Waals surface area contributed by atoms with Crippen LogP contribution in [-0.4, -0.2) is 60.9 Å². The van der Waals surface area contributed by atoms with Crippen LogP contribution >= 0.6 is 0 Å². The molecule has 0 aromatic heterocycles. The first-order chi connectivity index (χ1) is 12.5. The van der Waals surface area contributed by atoms with E-state index in [0.29, 0.717) is 12.8 Å². The van der Waals surface area contributed by atoms with Gasteiger partial charge in [-0.1, -0.05) is 13.3 Å². The summed E-state index contributed by atoms with van der Waals surface area (Å²) in [4.78, 5) is 1.95. The van der Waals surface area contributed by atoms with E-state index in [1.807, 2.05) is 0 Å². The van der Waals surface area contributed by atoms with E-state index in [1.165, 1.54) is 13.1 Å². The Bertz CT molecular complexity index is 679. The van der Waals surface area contributed by atoms with E-state index in [1.54, 1.807) is 6.92 Å². The Morgan fingerprint density at radius 1 is 0.893 bits per heavy atom. The van der Waals surface area contributed by atoms with Crippen molar-refractivity contribution >= 4 is 10.1 Å². The molecule has 15 heteroatoms. The van der Waals surface area contributed by atoms with Crippen molar-refractivity contribution in [2.75, 3.05) is 13.1 Å². The second kappa shape index (κ2) is 7.80. The van der Waals surface area contributed by atoms with Crippen LogP contribution in [0.2, 0.25) is 0 Å². The molecule has 0 N–H and O–H groups in total. The fourth-order valence-electron chi connectivity index (χ4n) is 2.10. The number of nitrogens with zero attached hydrogens (tertiary/aromatic N) is 2. The average molecular weight is 452 g/mol. The van der Waals surface area contributed by atoms with E-state index in [2.05, 4.69) is 4.18 Å². The van der Waals surface area contributed by atoms with E-state index < -0.39 is 39.7 Å². The van der Waals surface area contributed by atoms with Crippen LogP contribution in [0.4, 0.5) is 39.5 Å². The molecule has 0 bridgehead atoms. The van der Waals surface area contributed by atoms with Crippen LogP contribution in [0.3, 0.4) is 0 Å². The third-order valence-corrected chi connectivity index (χ3v) is 5.10. The molecule has 0 spiro atoms. The second-order valence-electron chi connectivity index (χ2n) is 5.76. The van der Waals surface area contributed by atoms with Gasteiger partial charge in [0.15, 0.2) is 0 Å². The Labute approximate surface area is 154 Å². The molecule has 0 radical (unpaired) electrons. The maximum absolute atomic E-state index is 13.8. The number of alkyl halides is 9. The van der Waals surface area contributed by atoms with Gasteiger partial charge < -0.3 is 9.80 Å². The molecule has 1 heterocycles. The van der Waals surface area contributed by atoms with Gasteiger partial charge in [-0.2, -0.15) is 47.9 Å². The van der Waals surface area contributed by atoms with Crippen LogP contribution in [-0.2, 0) is 14.3 Å². The molecule has 1 atom stereocenters. The summed E-state index contributed by atoms with van der Waals surface area (Å²) >= 11 is 0. The maximum atomic E-state index is 13.8. The van der Waals surface area contributed by atoms with Gasteiger partial charge in [-0.15, -0.1) is 0 Å². The average Bonchev–Trinajstić information content (AvgIpc) is 2.92. The predicted molar refractivity (Wildman–Crippen MR) is 77.8 cm³/mol. The Hall–Kier alpha value is -1.38. The van der Waals surface area contributed by atoms with Crippen molar-refractivity contribution in [2.45, 2.75) is 56.3 Å². The molecular weight excluding hydrogens is 435 g/mol. The summed E-state index contributed by atoms with van der Waals surface area (Å²) < 4.78 is 144. The van der Waals surface area contributed by atoms with Gasteiger partial charge >= 0.3 is 33.4 Å². The molecule has 1 rings (SSSR count). The number of unbranched alkanes of at least 4 members (excludes halogenated alkanes) is 1. The molecular formula is C13H17F9N2O3S. The largest absolute Gasteiger partial charge is 0.460 e. The van der Waals surface area contributed by atoms with Crippen LogP contribution in [0, 0.1) is 0 Å². The highest BCUT2D eigenvalue weighted by atomic mass is 32.2. The second-order valence-corrected chi connectivity index (χ2v) is 7.37. The first kappa shape index (κ1) is 24.7. The van der Waals surface area contributed by atoms with E-state index >= 15 is 0 Å². The molecule has 0 saturated heterocycles. The molecule has 0 aromatic carbocycles. The van der Waals surface area contributed by atoms with Gasteiger partial charge in [0.25, 0.3) is 0 Å². The highest BCUT2D eigenvalue weighted by molar-refractivity contribution is 7.87. The fourth-order valence-corrected chi connectivity index (χ4v) is 3.11. The van der Waals surface area contributed by atoms with Crippen molar-refractivity contribution in [1.29, 1.82) is 0 Å². The minimum Gasteiger partial charge on any atom is -0.333 e. The monoisotopic (exact) mass is 452 g/mol. The highest BCUT2D eigenvalue weighted by Gasteiger charge is 2.86. The minimum atomic E-state index is -7.33. The van der Waals surface area contributed by atoms with Crippen LogP contribution in [0.5, 0.6) is 0 Å². The van der Waals surface area contributed by atoms with Gasteiger partial charge in [0.05, 0.1) is 0 Å². The summed E-state index contributed by atoms with van der Waals surface area (Å²) in [5.74, 6) is -14.7. The summed E-state index contributed by atoms with van der Waals surface area (Å²) in [5.41, 5.74) is 0. The van der Waals surface area contributed by atoms with Crippen molar-refractivity contribution in [2.24, 2.45) is 0 Å². The van der Waals surface area contributed by atoms with Crippen LogP contribution in [0.15, 0.2) is 12.4 Å². The molecule has 1 aliphatic heterocycles. The SMILES string of the molecule is CCCCN1C=CN(CC)C1OS(=O)(=O)C(F)(F)C(F)(F)C(F)(F)C(F)(F)F. The van der Waals surface area contributed by atoms with Crippen molar-refractivity contribution < 1.29 is 52.1 Å². The van der Waals surface area contributed by atoms with Gasteiger partial charge in [0, 0.05) is 25.5 Å². The van der Waals surface area contributed by atoms with Gasteiger partial charge in [0.1, 0.15) is 0 Å².